The predicted molar refractivity (Wildman–Crippen MR) is 74.3 cm³/mol. The second-order valence-electron chi connectivity index (χ2n) is 4.74. The lowest BCUT2D eigenvalue weighted by Crippen LogP contribution is -2.11. The van der Waals surface area contributed by atoms with Crippen molar-refractivity contribution in [2.45, 2.75) is 18.9 Å². The Kier molecular flexibility index (Phi) is 3.38. The summed E-state index contributed by atoms with van der Waals surface area (Å²) in [5, 5.41) is 0. The highest BCUT2D eigenvalue weighted by atomic mass is 16.7. The van der Waals surface area contributed by atoms with E-state index in [-0.39, 0.29) is 6.04 Å². The van der Waals surface area contributed by atoms with Gasteiger partial charge in [-0.3, -0.25) is 0 Å². The third-order valence-electron chi connectivity index (χ3n) is 3.41. The van der Waals surface area contributed by atoms with Crippen molar-refractivity contribution in [2.24, 2.45) is 5.73 Å². The Balaban J connectivity index is 1.63. The third-order valence-corrected chi connectivity index (χ3v) is 3.41. The minimum absolute atomic E-state index is 0.0756. The maximum Gasteiger partial charge on any atom is 0.231 e. The van der Waals surface area contributed by atoms with Crippen LogP contribution in [0, 0.1) is 0 Å². The summed E-state index contributed by atoms with van der Waals surface area (Å²) in [6, 6.07) is 16.4. The molecule has 0 saturated carbocycles. The normalized spacial score (nSPS) is 14.4. The lowest BCUT2D eigenvalue weighted by atomic mass is 10.00. The van der Waals surface area contributed by atoms with Gasteiger partial charge in [-0.1, -0.05) is 36.4 Å². The van der Waals surface area contributed by atoms with Crippen LogP contribution >= 0.6 is 0 Å². The molecular weight excluding hydrogens is 238 g/mol. The molecule has 0 aliphatic carbocycles. The smallest absolute Gasteiger partial charge is 0.231 e. The average Bonchev–Trinajstić information content (AvgIpc) is 2.93. The average molecular weight is 255 g/mol. The molecule has 0 bridgehead atoms. The van der Waals surface area contributed by atoms with Crippen molar-refractivity contribution in [1.29, 1.82) is 0 Å². The SMILES string of the molecule is NC(CCc1ccc2c(c1)OCO2)c1ccccc1. The predicted octanol–water partition coefficient (Wildman–Crippen LogP) is 3.05. The van der Waals surface area contributed by atoms with E-state index in [2.05, 4.69) is 18.2 Å². The summed E-state index contributed by atoms with van der Waals surface area (Å²) >= 11 is 0. The Bertz CT molecular complexity index is 554. The zero-order valence-electron chi connectivity index (χ0n) is 10.7. The van der Waals surface area contributed by atoms with E-state index in [0.29, 0.717) is 6.79 Å². The summed E-state index contributed by atoms with van der Waals surface area (Å²) in [7, 11) is 0. The monoisotopic (exact) mass is 255 g/mol. The second kappa shape index (κ2) is 5.33. The van der Waals surface area contributed by atoms with Crippen LogP contribution in [0.3, 0.4) is 0 Å². The molecule has 19 heavy (non-hydrogen) atoms. The molecule has 98 valence electrons. The Hall–Kier alpha value is -2.00. The quantitative estimate of drug-likeness (QED) is 0.913. The first-order valence-electron chi connectivity index (χ1n) is 6.52. The van der Waals surface area contributed by atoms with Crippen molar-refractivity contribution >= 4 is 0 Å². The Morgan fingerprint density at radius 2 is 1.79 bits per heavy atom. The van der Waals surface area contributed by atoms with E-state index in [9.17, 15) is 0 Å². The highest BCUT2D eigenvalue weighted by Crippen LogP contribution is 2.33. The van der Waals surface area contributed by atoms with E-state index >= 15 is 0 Å². The van der Waals surface area contributed by atoms with Crippen molar-refractivity contribution in [1.82, 2.24) is 0 Å². The zero-order valence-corrected chi connectivity index (χ0v) is 10.7. The van der Waals surface area contributed by atoms with Gasteiger partial charge >= 0.3 is 0 Å². The van der Waals surface area contributed by atoms with E-state index in [4.69, 9.17) is 15.2 Å². The summed E-state index contributed by atoms with van der Waals surface area (Å²) < 4.78 is 10.7. The molecule has 2 N–H and O–H groups in total. The summed E-state index contributed by atoms with van der Waals surface area (Å²) in [5.74, 6) is 1.67. The van der Waals surface area contributed by atoms with Crippen LogP contribution in [0.1, 0.15) is 23.6 Å². The number of hydrogen-bond acceptors (Lipinski definition) is 3. The van der Waals surface area contributed by atoms with E-state index in [1.807, 2.05) is 30.3 Å². The van der Waals surface area contributed by atoms with Crippen molar-refractivity contribution in [2.75, 3.05) is 6.79 Å². The van der Waals surface area contributed by atoms with Crippen molar-refractivity contribution in [3.63, 3.8) is 0 Å². The van der Waals surface area contributed by atoms with Gasteiger partial charge in [0.15, 0.2) is 11.5 Å². The van der Waals surface area contributed by atoms with Crippen LogP contribution in [0.5, 0.6) is 11.5 Å². The topological polar surface area (TPSA) is 44.5 Å². The van der Waals surface area contributed by atoms with Crippen LogP contribution in [-0.2, 0) is 6.42 Å². The minimum Gasteiger partial charge on any atom is -0.454 e. The number of benzene rings is 2. The molecule has 0 saturated heterocycles. The van der Waals surface area contributed by atoms with Gasteiger partial charge in [0.25, 0.3) is 0 Å². The largest absolute Gasteiger partial charge is 0.454 e. The van der Waals surface area contributed by atoms with Gasteiger partial charge in [0.1, 0.15) is 0 Å². The molecule has 3 heteroatoms. The number of nitrogens with two attached hydrogens (primary N) is 1. The molecule has 1 aliphatic rings. The summed E-state index contributed by atoms with van der Waals surface area (Å²) in [5.41, 5.74) is 8.62. The molecule has 2 aromatic rings. The molecule has 0 amide bonds. The molecule has 2 aromatic carbocycles. The number of hydrogen-bond donors (Lipinski definition) is 1. The van der Waals surface area contributed by atoms with Gasteiger partial charge < -0.3 is 15.2 Å². The summed E-state index contributed by atoms with van der Waals surface area (Å²) in [6.07, 6.45) is 1.86. The van der Waals surface area contributed by atoms with Gasteiger partial charge in [-0.05, 0) is 36.1 Å². The number of ether oxygens (including phenoxy) is 2. The van der Waals surface area contributed by atoms with Crippen LogP contribution in [0.25, 0.3) is 0 Å². The first kappa shape index (κ1) is 12.1. The van der Waals surface area contributed by atoms with Crippen molar-refractivity contribution < 1.29 is 9.47 Å². The van der Waals surface area contributed by atoms with Gasteiger partial charge in [-0.25, -0.2) is 0 Å². The molecule has 0 aromatic heterocycles. The Morgan fingerprint density at radius 1 is 1.00 bits per heavy atom. The lowest BCUT2D eigenvalue weighted by molar-refractivity contribution is 0.174. The fourth-order valence-electron chi connectivity index (χ4n) is 2.29. The Labute approximate surface area is 113 Å². The van der Waals surface area contributed by atoms with Gasteiger partial charge in [-0.15, -0.1) is 0 Å². The zero-order chi connectivity index (χ0) is 13.1. The van der Waals surface area contributed by atoms with Gasteiger partial charge in [0.2, 0.25) is 6.79 Å². The standard InChI is InChI=1S/C16H17NO2/c17-14(13-4-2-1-3-5-13)8-6-12-7-9-15-16(10-12)19-11-18-15/h1-5,7,9-10,14H,6,8,11,17H2. The maximum atomic E-state index is 6.20. The molecule has 1 unspecified atom stereocenters. The van der Waals surface area contributed by atoms with Crippen LogP contribution in [0.2, 0.25) is 0 Å². The maximum absolute atomic E-state index is 6.20. The summed E-state index contributed by atoms with van der Waals surface area (Å²) in [4.78, 5) is 0. The number of rotatable bonds is 4. The van der Waals surface area contributed by atoms with E-state index in [1.54, 1.807) is 0 Å². The summed E-state index contributed by atoms with van der Waals surface area (Å²) in [6.45, 7) is 0.322. The molecular formula is C16H17NO2. The molecule has 1 atom stereocenters. The molecule has 3 nitrogen and oxygen atoms in total. The molecule has 1 heterocycles. The molecule has 1 aliphatic heterocycles. The van der Waals surface area contributed by atoms with Gasteiger partial charge in [0.05, 0.1) is 0 Å². The Morgan fingerprint density at radius 3 is 2.63 bits per heavy atom. The highest BCUT2D eigenvalue weighted by Gasteiger charge is 2.13. The van der Waals surface area contributed by atoms with E-state index < -0.39 is 0 Å². The van der Waals surface area contributed by atoms with Crippen LogP contribution < -0.4 is 15.2 Å². The molecule has 3 rings (SSSR count). The fraction of sp³-hybridized carbons (Fsp3) is 0.250. The minimum atomic E-state index is 0.0756. The highest BCUT2D eigenvalue weighted by molar-refractivity contribution is 5.44. The number of fused-ring (bicyclic) bond motifs is 1. The lowest BCUT2D eigenvalue weighted by Gasteiger charge is -2.12. The first-order chi connectivity index (χ1) is 9.33. The van der Waals surface area contributed by atoms with Crippen LogP contribution in [0.15, 0.2) is 48.5 Å². The first-order valence-corrected chi connectivity index (χ1v) is 6.52. The van der Waals surface area contributed by atoms with Gasteiger partial charge in [-0.2, -0.15) is 0 Å². The van der Waals surface area contributed by atoms with Gasteiger partial charge in [0, 0.05) is 6.04 Å². The fourth-order valence-corrected chi connectivity index (χ4v) is 2.29. The van der Waals surface area contributed by atoms with Crippen LogP contribution in [0.4, 0.5) is 0 Å². The van der Waals surface area contributed by atoms with E-state index in [0.717, 1.165) is 24.3 Å². The molecule has 0 fully saturated rings. The van der Waals surface area contributed by atoms with Crippen LogP contribution in [-0.4, -0.2) is 6.79 Å². The second-order valence-corrected chi connectivity index (χ2v) is 4.74. The van der Waals surface area contributed by atoms with Crippen molar-refractivity contribution in [3.05, 3.63) is 59.7 Å². The van der Waals surface area contributed by atoms with Crippen molar-refractivity contribution in [3.8, 4) is 11.5 Å². The molecule has 0 spiro atoms. The molecule has 0 radical (unpaired) electrons. The van der Waals surface area contributed by atoms with E-state index in [1.165, 1.54) is 11.1 Å². The number of aryl methyl sites for hydroxylation is 1. The third kappa shape index (κ3) is 2.71.